The molecule has 0 spiro atoms. The predicted octanol–water partition coefficient (Wildman–Crippen LogP) is 1.61. The van der Waals surface area contributed by atoms with Crippen LogP contribution in [0.5, 0.6) is 0 Å². The molecule has 0 N–H and O–H groups in total. The van der Waals surface area contributed by atoms with Crippen LogP contribution in [-0.2, 0) is 0 Å². The first kappa shape index (κ1) is 16.4. The Morgan fingerprint density at radius 3 is 2.58 bits per heavy atom. The van der Waals surface area contributed by atoms with Crippen molar-refractivity contribution in [3.8, 4) is 0 Å². The van der Waals surface area contributed by atoms with Gasteiger partial charge in [-0.3, -0.25) is 4.79 Å². The lowest BCUT2D eigenvalue weighted by Crippen LogP contribution is -2.38. The highest BCUT2D eigenvalue weighted by Gasteiger charge is 2.26. The molecule has 0 unspecified atom stereocenters. The predicted molar refractivity (Wildman–Crippen MR) is 97.2 cm³/mol. The van der Waals surface area contributed by atoms with E-state index in [1.165, 1.54) is 0 Å². The number of hydrogen-bond donors (Lipinski definition) is 0. The number of nitrogens with zero attached hydrogens (tertiary/aromatic N) is 7. The summed E-state index contributed by atoms with van der Waals surface area (Å²) in [5, 5.41) is 4.18. The van der Waals surface area contributed by atoms with E-state index in [-0.39, 0.29) is 5.91 Å². The molecule has 3 aromatic heterocycles. The highest BCUT2D eigenvalue weighted by molar-refractivity contribution is 5.93. The van der Waals surface area contributed by atoms with Crippen molar-refractivity contribution in [1.29, 1.82) is 0 Å². The highest BCUT2D eigenvalue weighted by Crippen LogP contribution is 2.27. The van der Waals surface area contributed by atoms with Gasteiger partial charge in [-0.25, -0.2) is 19.5 Å². The molecule has 26 heavy (non-hydrogen) atoms. The topological polar surface area (TPSA) is 79.5 Å². The lowest BCUT2D eigenvalue weighted by molar-refractivity contribution is 0.0711. The lowest BCUT2D eigenvalue weighted by atomic mass is 9.93. The van der Waals surface area contributed by atoms with Crippen molar-refractivity contribution in [2.24, 2.45) is 0 Å². The Morgan fingerprint density at radius 2 is 1.88 bits per heavy atom. The Hall–Kier alpha value is -3.03. The van der Waals surface area contributed by atoms with Crippen LogP contribution in [0, 0.1) is 0 Å². The van der Waals surface area contributed by atoms with Crippen LogP contribution < -0.4 is 4.90 Å². The Morgan fingerprint density at radius 1 is 1.15 bits per heavy atom. The lowest BCUT2D eigenvalue weighted by Gasteiger charge is -2.31. The van der Waals surface area contributed by atoms with E-state index < -0.39 is 0 Å². The molecule has 134 valence electrons. The van der Waals surface area contributed by atoms with Crippen molar-refractivity contribution in [2.45, 2.75) is 18.8 Å². The van der Waals surface area contributed by atoms with Gasteiger partial charge in [0.25, 0.3) is 5.91 Å². The summed E-state index contributed by atoms with van der Waals surface area (Å²) in [4.78, 5) is 29.5. The van der Waals surface area contributed by atoms with Crippen molar-refractivity contribution >= 4 is 17.5 Å². The fraction of sp³-hybridized carbons (Fsp3) is 0.389. The molecule has 0 saturated carbocycles. The second kappa shape index (κ2) is 6.70. The molecule has 0 radical (unpaired) electrons. The minimum Gasteiger partial charge on any atom is -0.347 e. The molecular formula is C18H21N7O. The normalized spacial score (nSPS) is 15.4. The van der Waals surface area contributed by atoms with Crippen molar-refractivity contribution in [1.82, 2.24) is 29.5 Å². The maximum absolute atomic E-state index is 12.7. The molecular weight excluding hydrogens is 330 g/mol. The van der Waals surface area contributed by atoms with Crippen LogP contribution in [0.25, 0.3) is 5.65 Å². The molecule has 8 nitrogen and oxygen atoms in total. The summed E-state index contributed by atoms with van der Waals surface area (Å²) >= 11 is 0. The minimum atomic E-state index is -0.00652. The smallest absolute Gasteiger partial charge is 0.256 e. The molecule has 1 fully saturated rings. The zero-order chi connectivity index (χ0) is 18.1. The van der Waals surface area contributed by atoms with E-state index in [2.05, 4.69) is 20.1 Å². The standard InChI is InChI=1S/C18H21N7O/c1-23(2)18-19-11-14(12-20-18)17(26)24-8-4-13(5-9-24)15-6-10-25-16(22-15)3-7-21-25/h3,6-7,10-13H,4-5,8-9H2,1-2H3. The summed E-state index contributed by atoms with van der Waals surface area (Å²) in [5.74, 6) is 0.959. The van der Waals surface area contributed by atoms with Gasteiger partial charge in [0.2, 0.25) is 5.95 Å². The van der Waals surface area contributed by atoms with Gasteiger partial charge in [-0.15, -0.1) is 0 Å². The first-order valence-electron chi connectivity index (χ1n) is 8.71. The monoisotopic (exact) mass is 351 g/mol. The van der Waals surface area contributed by atoms with E-state index in [0.717, 1.165) is 24.2 Å². The van der Waals surface area contributed by atoms with Gasteiger partial charge in [-0.1, -0.05) is 0 Å². The Balaban J connectivity index is 1.41. The zero-order valence-corrected chi connectivity index (χ0v) is 14.9. The van der Waals surface area contributed by atoms with E-state index in [1.54, 1.807) is 23.1 Å². The molecule has 8 heteroatoms. The third kappa shape index (κ3) is 3.10. The summed E-state index contributed by atoms with van der Waals surface area (Å²) in [6.45, 7) is 1.43. The third-order valence-corrected chi connectivity index (χ3v) is 4.77. The molecule has 1 saturated heterocycles. The third-order valence-electron chi connectivity index (χ3n) is 4.77. The van der Waals surface area contributed by atoms with Crippen molar-refractivity contribution in [3.63, 3.8) is 0 Å². The molecule has 3 aromatic rings. The molecule has 0 bridgehead atoms. The highest BCUT2D eigenvalue weighted by atomic mass is 16.2. The van der Waals surface area contributed by atoms with E-state index in [9.17, 15) is 4.79 Å². The molecule has 0 aromatic carbocycles. The van der Waals surface area contributed by atoms with Gasteiger partial charge in [0.05, 0.1) is 11.8 Å². The minimum absolute atomic E-state index is 0.00652. The van der Waals surface area contributed by atoms with E-state index in [0.29, 0.717) is 30.5 Å². The number of hydrogen-bond acceptors (Lipinski definition) is 6. The van der Waals surface area contributed by atoms with Crippen molar-refractivity contribution in [2.75, 3.05) is 32.1 Å². The van der Waals surface area contributed by atoms with Gasteiger partial charge in [-0.05, 0) is 18.9 Å². The molecule has 1 aliphatic rings. The molecule has 1 aliphatic heterocycles. The maximum Gasteiger partial charge on any atom is 0.256 e. The molecule has 4 heterocycles. The van der Waals surface area contributed by atoms with Gasteiger partial charge in [0, 0.05) is 63.5 Å². The van der Waals surface area contributed by atoms with Crippen LogP contribution >= 0.6 is 0 Å². The molecule has 4 rings (SSSR count). The average Bonchev–Trinajstić information content (AvgIpc) is 3.15. The van der Waals surface area contributed by atoms with Gasteiger partial charge in [-0.2, -0.15) is 5.10 Å². The van der Waals surface area contributed by atoms with Crippen LogP contribution in [0.1, 0.15) is 34.8 Å². The maximum atomic E-state index is 12.7. The average molecular weight is 351 g/mol. The number of rotatable bonds is 3. The number of amides is 1. The van der Waals surface area contributed by atoms with E-state index in [4.69, 9.17) is 0 Å². The van der Waals surface area contributed by atoms with Gasteiger partial charge in [0.15, 0.2) is 5.65 Å². The van der Waals surface area contributed by atoms with Crippen molar-refractivity contribution in [3.05, 3.63) is 48.2 Å². The summed E-state index contributed by atoms with van der Waals surface area (Å²) in [5.41, 5.74) is 2.47. The number of likely N-dealkylation sites (tertiary alicyclic amines) is 1. The molecule has 0 aliphatic carbocycles. The first-order chi connectivity index (χ1) is 12.6. The number of carbonyl (C=O) groups is 1. The van der Waals surface area contributed by atoms with E-state index >= 15 is 0 Å². The van der Waals surface area contributed by atoms with Crippen LogP contribution in [-0.4, -0.2) is 62.6 Å². The number of fused-ring (bicyclic) bond motifs is 1. The number of piperidine rings is 1. The molecule has 1 amide bonds. The largest absolute Gasteiger partial charge is 0.347 e. The van der Waals surface area contributed by atoms with Gasteiger partial charge in [0.1, 0.15) is 0 Å². The summed E-state index contributed by atoms with van der Waals surface area (Å²) in [6.07, 6.45) is 8.70. The zero-order valence-electron chi connectivity index (χ0n) is 14.9. The Labute approximate surface area is 151 Å². The van der Waals surface area contributed by atoms with Crippen LogP contribution in [0.2, 0.25) is 0 Å². The SMILES string of the molecule is CN(C)c1ncc(C(=O)N2CCC(c3ccn4nccc4n3)CC2)cn1. The Kier molecular flexibility index (Phi) is 4.24. The summed E-state index contributed by atoms with van der Waals surface area (Å²) in [6, 6.07) is 3.93. The second-order valence-corrected chi connectivity index (χ2v) is 6.72. The molecule has 0 atom stereocenters. The van der Waals surface area contributed by atoms with Gasteiger partial charge < -0.3 is 9.80 Å². The summed E-state index contributed by atoms with van der Waals surface area (Å²) in [7, 11) is 3.74. The fourth-order valence-corrected chi connectivity index (χ4v) is 3.28. The quantitative estimate of drug-likeness (QED) is 0.713. The number of aromatic nitrogens is 5. The van der Waals surface area contributed by atoms with Gasteiger partial charge >= 0.3 is 0 Å². The second-order valence-electron chi connectivity index (χ2n) is 6.72. The summed E-state index contributed by atoms with van der Waals surface area (Å²) < 4.78 is 1.76. The number of anilines is 1. The van der Waals surface area contributed by atoms with Crippen LogP contribution in [0.15, 0.2) is 36.9 Å². The first-order valence-corrected chi connectivity index (χ1v) is 8.71. The van der Waals surface area contributed by atoms with Crippen LogP contribution in [0.4, 0.5) is 5.95 Å². The number of carbonyl (C=O) groups excluding carboxylic acids is 1. The van der Waals surface area contributed by atoms with Crippen LogP contribution in [0.3, 0.4) is 0 Å². The van der Waals surface area contributed by atoms with Crippen molar-refractivity contribution < 1.29 is 4.79 Å². The fourth-order valence-electron chi connectivity index (χ4n) is 3.28. The van der Waals surface area contributed by atoms with E-state index in [1.807, 2.05) is 42.2 Å². The Bertz CT molecular complexity index is 911.